The molecule has 0 N–H and O–H groups in total. The Morgan fingerprint density at radius 3 is 1.30 bits per heavy atom. The molecule has 12 nitrogen and oxygen atoms in total. The fourth-order valence-electron chi connectivity index (χ4n) is 5.91. The Morgan fingerprint density at radius 2 is 0.929 bits per heavy atom. The lowest BCUT2D eigenvalue weighted by atomic mass is 10.2. The van der Waals surface area contributed by atoms with Gasteiger partial charge in [-0.25, -0.2) is 28.7 Å². The summed E-state index contributed by atoms with van der Waals surface area (Å²) in [5.41, 5.74) is 3.01. The van der Waals surface area contributed by atoms with Crippen molar-refractivity contribution in [2.45, 2.75) is 13.2 Å². The average molecular weight is 805 g/mol. The topological polar surface area (TPSA) is 182 Å². The van der Waals surface area contributed by atoms with Crippen LogP contribution in [0.1, 0.15) is 11.1 Å². The van der Waals surface area contributed by atoms with Gasteiger partial charge in [-0.15, -0.1) is 45.3 Å². The van der Waals surface area contributed by atoms with E-state index in [4.69, 9.17) is 9.47 Å². The first-order chi connectivity index (χ1) is 27.4. The Labute approximate surface area is 333 Å². The van der Waals surface area contributed by atoms with Gasteiger partial charge in [0.15, 0.2) is 0 Å². The number of hydrogen-bond donors (Lipinski definition) is 0. The third-order valence-corrected chi connectivity index (χ3v) is 12.9. The predicted octanol–water partition coefficient (Wildman–Crippen LogP) is 10.9. The molecule has 8 aromatic rings. The molecule has 56 heavy (non-hydrogen) atoms. The summed E-state index contributed by atoms with van der Waals surface area (Å²) in [4.78, 5) is 39.9. The van der Waals surface area contributed by atoms with Gasteiger partial charge in [0.25, 0.3) is 0 Å². The SMILES string of the molecule is N#CC(C#N)=Nc1ccc(-c2cc3c(s2)c2c(c4sc(-c5ccc(N=C(C#N)C#N)s5)cc4n2C(=O)OCc2ccccc2)n3C(=O)OCc2ccccc2)s1. The molecule has 0 amide bonds. The third-order valence-electron chi connectivity index (χ3n) is 8.32. The number of benzene rings is 2. The van der Waals surface area contributed by atoms with Gasteiger partial charge in [-0.3, -0.25) is 0 Å². The summed E-state index contributed by atoms with van der Waals surface area (Å²) in [6.07, 6.45) is -1.30. The van der Waals surface area contributed by atoms with E-state index in [2.05, 4.69) is 9.98 Å². The van der Waals surface area contributed by atoms with Crippen molar-refractivity contribution < 1.29 is 19.1 Å². The molecule has 16 heteroatoms. The van der Waals surface area contributed by atoms with Gasteiger partial charge in [0.1, 0.15) is 47.5 Å². The van der Waals surface area contributed by atoms with Crippen molar-refractivity contribution in [3.8, 4) is 43.8 Å². The number of rotatable bonds is 8. The molecule has 0 saturated heterocycles. The Bertz CT molecular complexity index is 2840. The molecule has 0 aliphatic carbocycles. The normalized spacial score (nSPS) is 10.7. The molecular formula is C40H20N8O4S4. The first-order valence-corrected chi connectivity index (χ1v) is 19.7. The Kier molecular flexibility index (Phi) is 9.78. The standard InChI is InChI=1S/C40H20N8O4S4/c41-17-25(18-42)45-33-13-11-29(53-33)31-15-27-37(55-31)36-35(47(27)39(49)51-21-23-7-3-1-4-8-23)38-28(48(36)40(50)52-22-24-9-5-2-6-10-24)16-32(56-38)30-12-14-34(54-30)46-26(19-43)20-44/h1-16H,21-22H2. The van der Waals surface area contributed by atoms with E-state index < -0.39 is 12.2 Å². The van der Waals surface area contributed by atoms with Gasteiger partial charge in [0.2, 0.25) is 11.4 Å². The second-order valence-corrected chi connectivity index (χ2v) is 16.0. The lowest BCUT2D eigenvalue weighted by molar-refractivity contribution is 0.142. The predicted molar refractivity (Wildman–Crippen MR) is 218 cm³/mol. The van der Waals surface area contributed by atoms with Crippen LogP contribution in [0.15, 0.2) is 107 Å². The summed E-state index contributed by atoms with van der Waals surface area (Å²) >= 11 is 5.29. The Morgan fingerprint density at radius 1 is 0.536 bits per heavy atom. The smallest absolute Gasteiger partial charge is 0.419 e. The molecule has 0 unspecified atom stereocenters. The monoisotopic (exact) mass is 804 g/mol. The van der Waals surface area contributed by atoms with Crippen molar-refractivity contribution in [1.82, 2.24) is 9.13 Å². The van der Waals surface area contributed by atoms with Crippen molar-refractivity contribution >= 4 is 110 Å². The minimum Gasteiger partial charge on any atom is -0.444 e. The van der Waals surface area contributed by atoms with Crippen LogP contribution in [-0.2, 0) is 22.7 Å². The van der Waals surface area contributed by atoms with Crippen LogP contribution in [-0.4, -0.2) is 32.7 Å². The molecule has 0 fully saturated rings. The molecule has 0 spiro atoms. The number of hydrogen-bond acceptors (Lipinski definition) is 14. The molecule has 0 bridgehead atoms. The van der Waals surface area contributed by atoms with E-state index in [1.165, 1.54) is 54.5 Å². The number of carbonyl (C=O) groups is 2. The van der Waals surface area contributed by atoms with Crippen LogP contribution in [0.25, 0.3) is 51.0 Å². The number of fused-ring (bicyclic) bond motifs is 5. The number of carbonyl (C=O) groups excluding carboxylic acids is 2. The fourth-order valence-corrected chi connectivity index (χ4v) is 10.2. The highest BCUT2D eigenvalue weighted by molar-refractivity contribution is 7.29. The van der Waals surface area contributed by atoms with Crippen LogP contribution in [0.2, 0.25) is 0 Å². The van der Waals surface area contributed by atoms with Crippen molar-refractivity contribution in [2.24, 2.45) is 9.98 Å². The van der Waals surface area contributed by atoms with Gasteiger partial charge >= 0.3 is 12.2 Å². The number of aromatic nitrogens is 2. The van der Waals surface area contributed by atoms with E-state index in [-0.39, 0.29) is 24.6 Å². The van der Waals surface area contributed by atoms with Gasteiger partial charge in [0, 0.05) is 19.5 Å². The highest BCUT2D eigenvalue weighted by Crippen LogP contribution is 2.49. The van der Waals surface area contributed by atoms with Crippen LogP contribution in [0.3, 0.4) is 0 Å². The molecule has 268 valence electrons. The van der Waals surface area contributed by atoms with Crippen LogP contribution in [0.5, 0.6) is 0 Å². The van der Waals surface area contributed by atoms with Crippen molar-refractivity contribution in [1.29, 1.82) is 21.0 Å². The van der Waals surface area contributed by atoms with Gasteiger partial charge in [-0.2, -0.15) is 21.0 Å². The lowest BCUT2D eigenvalue weighted by Crippen LogP contribution is -2.13. The second kappa shape index (κ2) is 15.3. The number of nitriles is 4. The largest absolute Gasteiger partial charge is 0.444 e. The highest BCUT2D eigenvalue weighted by atomic mass is 32.1. The average Bonchev–Trinajstić information content (AvgIpc) is 4.08. The van der Waals surface area contributed by atoms with Crippen LogP contribution < -0.4 is 0 Å². The minimum absolute atomic E-state index is 0.00870. The molecule has 0 atom stereocenters. The zero-order chi connectivity index (χ0) is 38.8. The van der Waals surface area contributed by atoms with E-state index in [1.807, 2.05) is 84.9 Å². The van der Waals surface area contributed by atoms with E-state index in [0.717, 1.165) is 30.6 Å². The lowest BCUT2D eigenvalue weighted by Gasteiger charge is -2.07. The van der Waals surface area contributed by atoms with E-state index in [0.29, 0.717) is 41.5 Å². The Hall–Kier alpha value is -7.18. The van der Waals surface area contributed by atoms with Gasteiger partial charge in [0.05, 0.1) is 31.5 Å². The first-order valence-electron chi connectivity index (χ1n) is 16.4. The van der Waals surface area contributed by atoms with Gasteiger partial charge in [-0.1, -0.05) is 60.7 Å². The molecule has 2 aromatic carbocycles. The van der Waals surface area contributed by atoms with Gasteiger partial charge in [-0.05, 0) is 47.5 Å². The molecule has 0 radical (unpaired) electrons. The number of ether oxygens (including phenoxy) is 2. The molecule has 6 aromatic heterocycles. The zero-order valence-electron chi connectivity index (χ0n) is 28.5. The van der Waals surface area contributed by atoms with Crippen LogP contribution in [0.4, 0.5) is 19.6 Å². The quantitative estimate of drug-likeness (QED) is 0.136. The molecule has 0 aliphatic heterocycles. The summed E-state index contributed by atoms with van der Waals surface area (Å²) in [5, 5.41) is 37.8. The van der Waals surface area contributed by atoms with Crippen molar-refractivity contribution in [2.75, 3.05) is 0 Å². The van der Waals surface area contributed by atoms with E-state index in [1.54, 1.807) is 36.4 Å². The number of aliphatic imine (C=N–C) groups is 2. The van der Waals surface area contributed by atoms with Gasteiger partial charge < -0.3 is 9.47 Å². The van der Waals surface area contributed by atoms with Crippen molar-refractivity contribution in [3.63, 3.8) is 0 Å². The van der Waals surface area contributed by atoms with Crippen LogP contribution >= 0.6 is 45.3 Å². The number of nitrogens with zero attached hydrogens (tertiary/aromatic N) is 8. The number of thiophene rings is 4. The summed E-state index contributed by atoms with van der Waals surface area (Å²) in [7, 11) is 0. The minimum atomic E-state index is -0.651. The maximum Gasteiger partial charge on any atom is 0.419 e. The van der Waals surface area contributed by atoms with E-state index in [9.17, 15) is 30.6 Å². The summed E-state index contributed by atoms with van der Waals surface area (Å²) in [6, 6.07) is 36.5. The summed E-state index contributed by atoms with van der Waals surface area (Å²) in [5.74, 6) is 0. The molecular weight excluding hydrogens is 785 g/mol. The molecule has 8 rings (SSSR count). The Balaban J connectivity index is 1.32. The highest BCUT2D eigenvalue weighted by Gasteiger charge is 2.31. The summed E-state index contributed by atoms with van der Waals surface area (Å²) < 4.78 is 16.1. The summed E-state index contributed by atoms with van der Waals surface area (Å²) in [6.45, 7) is 0.0174. The van der Waals surface area contributed by atoms with Crippen molar-refractivity contribution in [3.05, 3.63) is 108 Å². The fraction of sp³-hybridized carbons (Fsp3) is 0.0500. The molecule has 0 aliphatic rings. The maximum atomic E-state index is 14.3. The maximum absolute atomic E-state index is 14.3. The second-order valence-electron chi connectivity index (χ2n) is 11.7. The van der Waals surface area contributed by atoms with Crippen LogP contribution in [0, 0.1) is 45.3 Å². The van der Waals surface area contributed by atoms with E-state index >= 15 is 0 Å². The molecule has 6 heterocycles. The zero-order valence-corrected chi connectivity index (χ0v) is 31.8. The molecule has 0 saturated carbocycles. The first kappa shape index (κ1) is 35.8. The third kappa shape index (κ3) is 6.73.